The van der Waals surface area contributed by atoms with E-state index in [4.69, 9.17) is 3.07 Å². The van der Waals surface area contributed by atoms with Gasteiger partial charge in [-0.15, -0.1) is 0 Å². The molecule has 0 N–H and O–H groups in total. The number of carbonyl (C=O) groups is 1. The van der Waals surface area contributed by atoms with Gasteiger partial charge in [-0.05, 0) is 12.1 Å². The average molecular weight is 304 g/mol. The highest BCUT2D eigenvalue weighted by atomic mass is 127. The molecule has 76 valence electrons. The van der Waals surface area contributed by atoms with Gasteiger partial charge in [-0.25, -0.2) is 0 Å². The molecule has 0 bridgehead atoms. The zero-order valence-electron chi connectivity index (χ0n) is 8.50. The summed E-state index contributed by atoms with van der Waals surface area (Å²) in [7, 11) is 0. The van der Waals surface area contributed by atoms with Crippen LogP contribution in [0.2, 0.25) is 0 Å². The van der Waals surface area contributed by atoms with Crippen molar-refractivity contribution >= 4 is 28.8 Å². The molecule has 0 radical (unpaired) electrons. The van der Waals surface area contributed by atoms with E-state index in [1.807, 2.05) is 32.9 Å². The Morgan fingerprint density at radius 1 is 1.29 bits per heavy atom. The SMILES string of the molecule is CC(C)(C)C(=O)c1ccccc1OI. The van der Waals surface area contributed by atoms with Crippen molar-refractivity contribution in [2.24, 2.45) is 5.41 Å². The van der Waals surface area contributed by atoms with Crippen LogP contribution in [0.4, 0.5) is 0 Å². The molecular formula is C11H13IO2. The first-order chi connectivity index (χ1) is 6.46. The smallest absolute Gasteiger partial charge is 0.192 e. The number of benzene rings is 1. The Hall–Kier alpha value is -0.580. The molecule has 0 heterocycles. The predicted molar refractivity (Wildman–Crippen MR) is 64.9 cm³/mol. The number of hydrogen-bond donors (Lipinski definition) is 0. The van der Waals surface area contributed by atoms with Gasteiger partial charge in [-0.1, -0.05) is 32.9 Å². The van der Waals surface area contributed by atoms with Crippen molar-refractivity contribution in [3.63, 3.8) is 0 Å². The van der Waals surface area contributed by atoms with Crippen molar-refractivity contribution in [2.45, 2.75) is 20.8 Å². The zero-order valence-corrected chi connectivity index (χ0v) is 10.7. The van der Waals surface area contributed by atoms with Gasteiger partial charge in [0.2, 0.25) is 0 Å². The largest absolute Gasteiger partial charge is 0.427 e. The van der Waals surface area contributed by atoms with Gasteiger partial charge in [0.25, 0.3) is 0 Å². The van der Waals surface area contributed by atoms with Gasteiger partial charge in [-0.3, -0.25) is 4.79 Å². The molecular weight excluding hydrogens is 291 g/mol. The van der Waals surface area contributed by atoms with Gasteiger partial charge < -0.3 is 3.07 Å². The molecule has 0 unspecified atom stereocenters. The molecule has 1 rings (SSSR count). The molecule has 14 heavy (non-hydrogen) atoms. The summed E-state index contributed by atoms with van der Waals surface area (Å²) < 4.78 is 5.11. The van der Waals surface area contributed by atoms with E-state index in [1.54, 1.807) is 35.1 Å². The molecule has 0 spiro atoms. The predicted octanol–water partition coefficient (Wildman–Crippen LogP) is 3.64. The van der Waals surface area contributed by atoms with E-state index >= 15 is 0 Å². The third-order valence-corrected chi connectivity index (χ3v) is 2.37. The van der Waals surface area contributed by atoms with Gasteiger partial charge in [-0.2, -0.15) is 0 Å². The number of halogens is 1. The molecule has 0 amide bonds. The minimum Gasteiger partial charge on any atom is -0.427 e. The van der Waals surface area contributed by atoms with Crippen LogP contribution in [-0.4, -0.2) is 5.78 Å². The number of ketones is 1. The van der Waals surface area contributed by atoms with Crippen molar-refractivity contribution in [2.75, 3.05) is 0 Å². The molecule has 2 nitrogen and oxygen atoms in total. The van der Waals surface area contributed by atoms with Crippen molar-refractivity contribution in [3.05, 3.63) is 29.8 Å². The van der Waals surface area contributed by atoms with E-state index in [1.165, 1.54) is 0 Å². The van der Waals surface area contributed by atoms with Gasteiger partial charge in [0.05, 0.1) is 5.56 Å². The highest BCUT2D eigenvalue weighted by Gasteiger charge is 2.25. The molecule has 0 saturated carbocycles. The van der Waals surface area contributed by atoms with Crippen molar-refractivity contribution < 1.29 is 7.86 Å². The lowest BCUT2D eigenvalue weighted by Gasteiger charge is -2.17. The summed E-state index contributed by atoms with van der Waals surface area (Å²) in [6.45, 7) is 5.71. The topological polar surface area (TPSA) is 26.3 Å². The van der Waals surface area contributed by atoms with Gasteiger partial charge in [0, 0.05) is 5.41 Å². The zero-order chi connectivity index (χ0) is 10.8. The van der Waals surface area contributed by atoms with Crippen LogP contribution >= 0.6 is 23.0 Å². The van der Waals surface area contributed by atoms with E-state index in [9.17, 15) is 4.79 Å². The maximum atomic E-state index is 12.0. The van der Waals surface area contributed by atoms with Crippen LogP contribution < -0.4 is 3.07 Å². The first-order valence-corrected chi connectivity index (χ1v) is 5.27. The van der Waals surface area contributed by atoms with Crippen LogP contribution in [0.25, 0.3) is 0 Å². The summed E-state index contributed by atoms with van der Waals surface area (Å²) in [5.41, 5.74) is 0.278. The molecule has 0 aliphatic rings. The molecule has 0 aliphatic heterocycles. The summed E-state index contributed by atoms with van der Waals surface area (Å²) in [5, 5.41) is 0. The molecule has 0 aromatic heterocycles. The van der Waals surface area contributed by atoms with Gasteiger partial charge in [0.15, 0.2) is 28.8 Å². The molecule has 0 fully saturated rings. The summed E-state index contributed by atoms with van der Waals surface area (Å²) >= 11 is 1.79. The Balaban J connectivity index is 3.13. The molecule has 3 heteroatoms. The maximum absolute atomic E-state index is 12.0. The fraction of sp³-hybridized carbons (Fsp3) is 0.364. The van der Waals surface area contributed by atoms with E-state index in [-0.39, 0.29) is 11.2 Å². The fourth-order valence-corrected chi connectivity index (χ4v) is 1.51. The van der Waals surface area contributed by atoms with Crippen LogP contribution in [0.5, 0.6) is 5.75 Å². The van der Waals surface area contributed by atoms with Crippen molar-refractivity contribution in [1.82, 2.24) is 0 Å². The van der Waals surface area contributed by atoms with Crippen LogP contribution in [-0.2, 0) is 0 Å². The summed E-state index contributed by atoms with van der Waals surface area (Å²) in [6, 6.07) is 7.29. The number of rotatable bonds is 2. The Morgan fingerprint density at radius 3 is 2.36 bits per heavy atom. The molecule has 0 atom stereocenters. The van der Waals surface area contributed by atoms with Crippen molar-refractivity contribution in [1.29, 1.82) is 0 Å². The highest BCUT2D eigenvalue weighted by molar-refractivity contribution is 14.1. The average Bonchev–Trinajstić information content (AvgIpc) is 2.15. The van der Waals surface area contributed by atoms with Gasteiger partial charge in [0.1, 0.15) is 5.75 Å². The quantitative estimate of drug-likeness (QED) is 0.616. The number of carbonyl (C=O) groups excluding carboxylic acids is 1. The Labute approximate surface area is 98.3 Å². The Kier molecular flexibility index (Phi) is 3.53. The lowest BCUT2D eigenvalue weighted by Crippen LogP contribution is -2.20. The van der Waals surface area contributed by atoms with Crippen LogP contribution in [0.15, 0.2) is 24.3 Å². The number of Topliss-reactive ketones (excluding diaryl/α,β-unsaturated/α-hetero) is 1. The number of para-hydroxylation sites is 1. The molecule has 1 aromatic carbocycles. The lowest BCUT2D eigenvalue weighted by atomic mass is 9.86. The number of hydrogen-bond acceptors (Lipinski definition) is 2. The molecule has 0 saturated heterocycles. The van der Waals surface area contributed by atoms with E-state index in [0.29, 0.717) is 11.3 Å². The van der Waals surface area contributed by atoms with Crippen LogP contribution in [0.1, 0.15) is 31.1 Å². The monoisotopic (exact) mass is 304 g/mol. The van der Waals surface area contributed by atoms with E-state index in [2.05, 4.69) is 0 Å². The summed E-state index contributed by atoms with van der Waals surface area (Å²) in [4.78, 5) is 12.0. The van der Waals surface area contributed by atoms with Crippen molar-refractivity contribution in [3.8, 4) is 5.75 Å². The highest BCUT2D eigenvalue weighted by Crippen LogP contribution is 2.28. The van der Waals surface area contributed by atoms with Gasteiger partial charge >= 0.3 is 0 Å². The fourth-order valence-electron chi connectivity index (χ4n) is 1.13. The van der Waals surface area contributed by atoms with Crippen LogP contribution in [0, 0.1) is 5.41 Å². The second-order valence-electron chi connectivity index (χ2n) is 4.15. The first-order valence-electron chi connectivity index (χ1n) is 4.39. The Morgan fingerprint density at radius 2 is 1.86 bits per heavy atom. The second-order valence-corrected chi connectivity index (χ2v) is 4.59. The molecule has 0 aliphatic carbocycles. The minimum atomic E-state index is -0.370. The van der Waals surface area contributed by atoms with E-state index in [0.717, 1.165) is 0 Å². The first kappa shape index (κ1) is 11.5. The second kappa shape index (κ2) is 4.29. The maximum Gasteiger partial charge on any atom is 0.192 e. The lowest BCUT2D eigenvalue weighted by molar-refractivity contribution is 0.0857. The normalized spacial score (nSPS) is 11.1. The minimum absolute atomic E-state index is 0.102. The summed E-state index contributed by atoms with van der Waals surface area (Å²) in [5.74, 6) is 0.734. The third kappa shape index (κ3) is 2.47. The molecule has 1 aromatic rings. The van der Waals surface area contributed by atoms with Crippen LogP contribution in [0.3, 0.4) is 0 Å². The Bertz CT molecular complexity index is 339. The third-order valence-electron chi connectivity index (χ3n) is 1.90. The standard InChI is InChI=1S/C11H13IO2/c1-11(2,3)10(13)8-6-4-5-7-9(8)14-12/h4-7H,1-3H3. The summed E-state index contributed by atoms with van der Waals surface area (Å²) in [6.07, 6.45) is 0. The van der Waals surface area contributed by atoms with E-state index < -0.39 is 0 Å².